The van der Waals surface area contributed by atoms with Crippen LogP contribution in [0.25, 0.3) is 0 Å². The van der Waals surface area contributed by atoms with Gasteiger partial charge in [-0.2, -0.15) is 0 Å². The van der Waals surface area contributed by atoms with Crippen LogP contribution in [0.1, 0.15) is 44.2 Å². The summed E-state index contributed by atoms with van der Waals surface area (Å²) in [5.74, 6) is -2.54. The van der Waals surface area contributed by atoms with E-state index in [9.17, 15) is 13.6 Å². The van der Waals surface area contributed by atoms with Crippen molar-refractivity contribution < 1.29 is 18.7 Å². The number of nitrogens with zero attached hydrogens (tertiary/aromatic N) is 1. The van der Waals surface area contributed by atoms with Gasteiger partial charge in [0, 0.05) is 12.1 Å². The highest BCUT2D eigenvalue weighted by Gasteiger charge is 2.29. The Morgan fingerprint density at radius 2 is 2.15 bits per heavy atom. The number of likely N-dealkylation sites (tertiary alicyclic amines) is 1. The summed E-state index contributed by atoms with van der Waals surface area (Å²) >= 11 is 0. The van der Waals surface area contributed by atoms with Crippen molar-refractivity contribution in [3.8, 4) is 0 Å². The summed E-state index contributed by atoms with van der Waals surface area (Å²) in [6, 6.07) is 3.73. The lowest BCUT2D eigenvalue weighted by atomic mass is 9.95. The average molecular weight is 283 g/mol. The normalized spacial score (nSPS) is 21.6. The summed E-state index contributed by atoms with van der Waals surface area (Å²) in [5, 5.41) is 8.98. The van der Waals surface area contributed by atoms with Gasteiger partial charge in [0.2, 0.25) is 0 Å². The molecule has 2 rings (SSSR count). The molecule has 1 saturated heterocycles. The summed E-state index contributed by atoms with van der Waals surface area (Å²) in [6.07, 6.45) is 2.94. The molecule has 2 atom stereocenters. The number of hydrogen-bond acceptors (Lipinski definition) is 2. The lowest BCUT2D eigenvalue weighted by molar-refractivity contribution is -0.139. The topological polar surface area (TPSA) is 40.5 Å². The number of rotatable bonds is 4. The van der Waals surface area contributed by atoms with Crippen molar-refractivity contribution in [2.75, 3.05) is 6.54 Å². The third kappa shape index (κ3) is 3.33. The van der Waals surface area contributed by atoms with E-state index in [0.29, 0.717) is 5.56 Å². The van der Waals surface area contributed by atoms with Crippen LogP contribution in [0.5, 0.6) is 0 Å². The zero-order valence-electron chi connectivity index (χ0n) is 11.5. The summed E-state index contributed by atoms with van der Waals surface area (Å²) < 4.78 is 26.3. The molecular weight excluding hydrogens is 264 g/mol. The molecule has 110 valence electrons. The van der Waals surface area contributed by atoms with Gasteiger partial charge in [-0.3, -0.25) is 9.69 Å². The standard InChI is InChI=1S/C15H19F2NO2/c1-10(11-5-6-13(16)14(17)8-11)18-7-3-2-4-12(18)9-15(19)20/h5-6,8,10,12H,2-4,7,9H2,1H3,(H,19,20). The van der Waals surface area contributed by atoms with Crippen molar-refractivity contribution in [2.45, 2.75) is 44.7 Å². The molecule has 0 bridgehead atoms. The molecule has 1 aromatic rings. The van der Waals surface area contributed by atoms with Gasteiger partial charge in [-0.15, -0.1) is 0 Å². The molecule has 0 saturated carbocycles. The number of carboxylic acids is 1. The van der Waals surface area contributed by atoms with E-state index in [1.54, 1.807) is 6.07 Å². The van der Waals surface area contributed by atoms with Gasteiger partial charge < -0.3 is 5.11 Å². The van der Waals surface area contributed by atoms with E-state index in [0.717, 1.165) is 31.9 Å². The molecule has 20 heavy (non-hydrogen) atoms. The Morgan fingerprint density at radius 1 is 1.40 bits per heavy atom. The molecule has 1 aliphatic rings. The quantitative estimate of drug-likeness (QED) is 0.921. The van der Waals surface area contributed by atoms with Gasteiger partial charge in [0.25, 0.3) is 0 Å². The molecule has 0 amide bonds. The second-order valence-corrected chi connectivity index (χ2v) is 5.33. The first kappa shape index (κ1) is 14.9. The van der Waals surface area contributed by atoms with Gasteiger partial charge in [-0.05, 0) is 44.0 Å². The van der Waals surface area contributed by atoms with E-state index < -0.39 is 17.6 Å². The fraction of sp³-hybridized carbons (Fsp3) is 0.533. The van der Waals surface area contributed by atoms with Crippen molar-refractivity contribution in [1.29, 1.82) is 0 Å². The van der Waals surface area contributed by atoms with Gasteiger partial charge >= 0.3 is 5.97 Å². The van der Waals surface area contributed by atoms with Crippen LogP contribution in [0, 0.1) is 11.6 Å². The zero-order chi connectivity index (χ0) is 14.7. The van der Waals surface area contributed by atoms with E-state index >= 15 is 0 Å². The largest absolute Gasteiger partial charge is 0.481 e. The molecule has 0 aliphatic carbocycles. The fourth-order valence-corrected chi connectivity index (χ4v) is 2.92. The molecule has 1 N–H and O–H groups in total. The maximum absolute atomic E-state index is 13.3. The second kappa shape index (κ2) is 6.31. The van der Waals surface area contributed by atoms with Crippen molar-refractivity contribution in [3.05, 3.63) is 35.4 Å². The Kier molecular flexibility index (Phi) is 4.70. The van der Waals surface area contributed by atoms with Gasteiger partial charge in [0.05, 0.1) is 6.42 Å². The third-order valence-corrected chi connectivity index (χ3v) is 4.01. The highest BCUT2D eigenvalue weighted by molar-refractivity contribution is 5.67. The molecule has 3 nitrogen and oxygen atoms in total. The molecule has 1 fully saturated rings. The van der Waals surface area contributed by atoms with Crippen LogP contribution < -0.4 is 0 Å². The van der Waals surface area contributed by atoms with Crippen LogP contribution in [0.15, 0.2) is 18.2 Å². The molecule has 5 heteroatoms. The Hall–Kier alpha value is -1.49. The van der Waals surface area contributed by atoms with E-state index in [-0.39, 0.29) is 18.5 Å². The zero-order valence-corrected chi connectivity index (χ0v) is 11.5. The van der Waals surface area contributed by atoms with Gasteiger partial charge in [0.1, 0.15) is 0 Å². The summed E-state index contributed by atoms with van der Waals surface area (Å²) in [4.78, 5) is 13.0. The van der Waals surface area contributed by atoms with Crippen LogP contribution in [-0.2, 0) is 4.79 Å². The third-order valence-electron chi connectivity index (χ3n) is 4.01. The predicted molar refractivity (Wildman–Crippen MR) is 71.4 cm³/mol. The minimum absolute atomic E-state index is 0.0376. The van der Waals surface area contributed by atoms with E-state index in [4.69, 9.17) is 5.11 Å². The number of halogens is 2. The average Bonchev–Trinajstić information content (AvgIpc) is 2.41. The summed E-state index contributed by atoms with van der Waals surface area (Å²) in [5.41, 5.74) is 0.682. The maximum atomic E-state index is 13.3. The first-order chi connectivity index (χ1) is 9.49. The van der Waals surface area contributed by atoms with Crippen molar-refractivity contribution in [1.82, 2.24) is 4.90 Å². The van der Waals surface area contributed by atoms with Crippen LogP contribution in [0.4, 0.5) is 8.78 Å². The molecule has 1 heterocycles. The minimum atomic E-state index is -0.860. The lowest BCUT2D eigenvalue weighted by Gasteiger charge is -2.39. The Bertz CT molecular complexity index is 493. The number of aliphatic carboxylic acids is 1. The molecule has 1 aromatic carbocycles. The summed E-state index contributed by atoms with van der Waals surface area (Å²) in [7, 11) is 0. The minimum Gasteiger partial charge on any atom is -0.481 e. The van der Waals surface area contributed by atoms with Crippen LogP contribution in [-0.4, -0.2) is 28.6 Å². The number of benzene rings is 1. The highest BCUT2D eigenvalue weighted by Crippen LogP contribution is 2.30. The molecule has 0 aromatic heterocycles. The number of carbonyl (C=O) groups is 1. The highest BCUT2D eigenvalue weighted by atomic mass is 19.2. The Balaban J connectivity index is 2.17. The second-order valence-electron chi connectivity index (χ2n) is 5.33. The van der Waals surface area contributed by atoms with E-state index in [1.807, 2.05) is 6.92 Å². The molecule has 1 aliphatic heterocycles. The molecule has 0 spiro atoms. The SMILES string of the molecule is CC(c1ccc(F)c(F)c1)N1CCCCC1CC(=O)O. The van der Waals surface area contributed by atoms with Crippen molar-refractivity contribution >= 4 is 5.97 Å². The van der Waals surface area contributed by atoms with E-state index in [2.05, 4.69) is 4.90 Å². The van der Waals surface area contributed by atoms with Gasteiger partial charge in [0.15, 0.2) is 11.6 Å². The molecular formula is C15H19F2NO2. The molecule has 2 unspecified atom stereocenters. The maximum Gasteiger partial charge on any atom is 0.304 e. The first-order valence-electron chi connectivity index (χ1n) is 6.91. The molecule has 0 radical (unpaired) electrons. The number of hydrogen-bond donors (Lipinski definition) is 1. The predicted octanol–water partition coefficient (Wildman–Crippen LogP) is 3.36. The van der Waals surface area contributed by atoms with Crippen LogP contribution in [0.3, 0.4) is 0 Å². The Labute approximate surface area is 117 Å². The fourth-order valence-electron chi connectivity index (χ4n) is 2.92. The number of piperidine rings is 1. The number of carboxylic acid groups (broad SMARTS) is 1. The smallest absolute Gasteiger partial charge is 0.304 e. The van der Waals surface area contributed by atoms with Gasteiger partial charge in [-0.1, -0.05) is 12.5 Å². The first-order valence-corrected chi connectivity index (χ1v) is 6.91. The van der Waals surface area contributed by atoms with Crippen molar-refractivity contribution in [3.63, 3.8) is 0 Å². The summed E-state index contributed by atoms with van der Waals surface area (Å²) in [6.45, 7) is 2.70. The van der Waals surface area contributed by atoms with Gasteiger partial charge in [-0.25, -0.2) is 8.78 Å². The van der Waals surface area contributed by atoms with E-state index in [1.165, 1.54) is 6.07 Å². The van der Waals surface area contributed by atoms with Crippen LogP contribution >= 0.6 is 0 Å². The monoisotopic (exact) mass is 283 g/mol. The lowest BCUT2D eigenvalue weighted by Crippen LogP contribution is -2.42. The van der Waals surface area contributed by atoms with Crippen LogP contribution in [0.2, 0.25) is 0 Å². The van der Waals surface area contributed by atoms with Crippen molar-refractivity contribution in [2.24, 2.45) is 0 Å². The Morgan fingerprint density at radius 3 is 2.80 bits per heavy atom.